The maximum atomic E-state index is 11.7. The van der Waals surface area contributed by atoms with Crippen LogP contribution in [0.25, 0.3) is 0 Å². The summed E-state index contributed by atoms with van der Waals surface area (Å²) in [5, 5.41) is 10.6. The maximum Gasteiger partial charge on any atom is 0.294 e. The van der Waals surface area contributed by atoms with Gasteiger partial charge in [0.25, 0.3) is 10.1 Å². The van der Waals surface area contributed by atoms with Crippen molar-refractivity contribution in [2.75, 3.05) is 0 Å². The number of hydrogen-bond donors (Lipinski definition) is 2. The number of aromatic hydroxyl groups is 1. The molecule has 6 heteroatoms. The van der Waals surface area contributed by atoms with Gasteiger partial charge in [0.05, 0.1) is 4.90 Å². The molecule has 0 aliphatic carbocycles. The van der Waals surface area contributed by atoms with Crippen molar-refractivity contribution in [2.45, 2.75) is 82.4 Å². The molecule has 0 saturated carbocycles. The van der Waals surface area contributed by atoms with Crippen molar-refractivity contribution >= 4 is 10.1 Å². The van der Waals surface area contributed by atoms with Gasteiger partial charge in [-0.05, 0) is 36.6 Å². The molecule has 0 saturated heterocycles. The first-order valence-corrected chi connectivity index (χ1v) is 12.4. The Kier molecular flexibility index (Phi) is 10.2. The van der Waals surface area contributed by atoms with Gasteiger partial charge >= 0.3 is 0 Å². The van der Waals surface area contributed by atoms with E-state index in [4.69, 9.17) is 4.74 Å². The molecule has 166 valence electrons. The number of phenolic OH excluding ortho intramolecular Hbond substituents is 1. The van der Waals surface area contributed by atoms with E-state index in [-0.39, 0.29) is 16.4 Å². The van der Waals surface area contributed by atoms with Gasteiger partial charge in [0.2, 0.25) is 0 Å². The molecule has 0 aromatic heterocycles. The minimum absolute atomic E-state index is 0.0263. The van der Waals surface area contributed by atoms with E-state index >= 15 is 0 Å². The number of ether oxygens (including phenoxy) is 1. The molecule has 0 spiro atoms. The summed E-state index contributed by atoms with van der Waals surface area (Å²) in [6.07, 6.45) is 12.5. The van der Waals surface area contributed by atoms with Gasteiger partial charge in [-0.15, -0.1) is 0 Å². The molecule has 0 atom stereocenters. The molecule has 5 nitrogen and oxygen atoms in total. The van der Waals surface area contributed by atoms with Crippen LogP contribution in [-0.2, 0) is 16.5 Å². The van der Waals surface area contributed by atoms with E-state index in [1.54, 1.807) is 24.3 Å². The predicted octanol–water partition coefficient (Wildman–Crippen LogP) is 6.89. The molecule has 2 rings (SSSR count). The van der Waals surface area contributed by atoms with Crippen molar-refractivity contribution < 1.29 is 22.8 Å². The summed E-state index contributed by atoms with van der Waals surface area (Å²) in [5.41, 5.74) is 0.468. The maximum absolute atomic E-state index is 11.7. The molecule has 30 heavy (non-hydrogen) atoms. The van der Waals surface area contributed by atoms with Gasteiger partial charge in [0, 0.05) is 6.07 Å². The molecular formula is C24H34O5S. The van der Waals surface area contributed by atoms with Gasteiger partial charge < -0.3 is 9.84 Å². The summed E-state index contributed by atoms with van der Waals surface area (Å²) in [6.45, 7) is 2.22. The summed E-state index contributed by atoms with van der Waals surface area (Å²) < 4.78 is 38.5. The summed E-state index contributed by atoms with van der Waals surface area (Å²) in [5.74, 6) is 0.422. The van der Waals surface area contributed by atoms with Gasteiger partial charge in [0.15, 0.2) is 11.5 Å². The Morgan fingerprint density at radius 2 is 1.40 bits per heavy atom. The first kappa shape index (κ1) is 24.2. The molecule has 2 N–H and O–H groups in total. The van der Waals surface area contributed by atoms with Gasteiger partial charge in [0.1, 0.15) is 5.75 Å². The molecule has 2 aromatic rings. The lowest BCUT2D eigenvalue weighted by Crippen LogP contribution is -2.01. The second-order valence-electron chi connectivity index (χ2n) is 7.75. The lowest BCUT2D eigenvalue weighted by Gasteiger charge is -2.13. The number of para-hydroxylation sites is 1. The Labute approximate surface area is 180 Å². The molecule has 0 radical (unpaired) electrons. The molecule has 0 aliphatic heterocycles. The lowest BCUT2D eigenvalue weighted by atomic mass is 10.0. The number of phenols is 1. The minimum atomic E-state index is -4.40. The first-order chi connectivity index (χ1) is 14.4. The zero-order valence-corrected chi connectivity index (χ0v) is 18.7. The average molecular weight is 435 g/mol. The van der Waals surface area contributed by atoms with Crippen LogP contribution in [-0.4, -0.2) is 18.1 Å². The third-order valence-electron chi connectivity index (χ3n) is 5.20. The third-order valence-corrected chi connectivity index (χ3v) is 6.03. The van der Waals surface area contributed by atoms with Gasteiger partial charge in [-0.1, -0.05) is 82.9 Å². The highest BCUT2D eigenvalue weighted by Gasteiger charge is 2.18. The third kappa shape index (κ3) is 8.36. The Bertz CT molecular complexity index is 863. The van der Waals surface area contributed by atoms with Crippen LogP contribution in [0.15, 0.2) is 47.4 Å². The first-order valence-electron chi connectivity index (χ1n) is 11.0. The van der Waals surface area contributed by atoms with Crippen LogP contribution in [0.3, 0.4) is 0 Å². The molecule has 0 amide bonds. The zero-order valence-electron chi connectivity index (χ0n) is 17.8. The number of hydrogen-bond acceptors (Lipinski definition) is 4. The summed E-state index contributed by atoms with van der Waals surface area (Å²) in [4.78, 5) is -0.270. The van der Waals surface area contributed by atoms with Crippen molar-refractivity contribution in [1.82, 2.24) is 0 Å². The Hall–Kier alpha value is -2.05. The van der Waals surface area contributed by atoms with Crippen molar-refractivity contribution in [1.29, 1.82) is 0 Å². The van der Waals surface area contributed by atoms with Crippen LogP contribution in [0.1, 0.15) is 76.7 Å². The van der Waals surface area contributed by atoms with Crippen LogP contribution in [0, 0.1) is 0 Å². The predicted molar refractivity (Wildman–Crippen MR) is 120 cm³/mol. The molecule has 0 fully saturated rings. The summed E-state index contributed by atoms with van der Waals surface area (Å²) >= 11 is 0. The van der Waals surface area contributed by atoms with Gasteiger partial charge in [-0.2, -0.15) is 8.42 Å². The highest BCUT2D eigenvalue weighted by Crippen LogP contribution is 2.37. The van der Waals surface area contributed by atoms with E-state index in [1.165, 1.54) is 51.0 Å². The van der Waals surface area contributed by atoms with Crippen LogP contribution in [0.2, 0.25) is 0 Å². The van der Waals surface area contributed by atoms with Gasteiger partial charge in [-0.25, -0.2) is 0 Å². The van der Waals surface area contributed by atoms with E-state index in [0.717, 1.165) is 25.3 Å². The lowest BCUT2D eigenvalue weighted by molar-refractivity contribution is 0.403. The highest BCUT2D eigenvalue weighted by atomic mass is 32.2. The van der Waals surface area contributed by atoms with E-state index < -0.39 is 10.1 Å². The largest absolute Gasteiger partial charge is 0.504 e. The normalized spacial score (nSPS) is 11.5. The second-order valence-corrected chi connectivity index (χ2v) is 9.17. The Balaban J connectivity index is 1.92. The van der Waals surface area contributed by atoms with Crippen molar-refractivity contribution in [3.63, 3.8) is 0 Å². The molecule has 2 aromatic carbocycles. The second kappa shape index (κ2) is 12.6. The topological polar surface area (TPSA) is 83.8 Å². The minimum Gasteiger partial charge on any atom is -0.504 e. The Morgan fingerprint density at radius 3 is 1.97 bits per heavy atom. The number of unbranched alkanes of at least 4 members (excludes halogenated alkanes) is 9. The van der Waals surface area contributed by atoms with Crippen molar-refractivity contribution in [3.05, 3.63) is 48.0 Å². The fourth-order valence-corrected chi connectivity index (χ4v) is 4.02. The van der Waals surface area contributed by atoms with Crippen LogP contribution >= 0.6 is 0 Å². The van der Waals surface area contributed by atoms with Crippen molar-refractivity contribution in [3.8, 4) is 17.2 Å². The standard InChI is InChI=1S/C24H34O5S/c1-2-3-4-5-6-7-8-9-10-12-15-20-18-22(30(26,27)28)19-23(24(20)25)29-21-16-13-11-14-17-21/h11,13-14,16-19,25H,2-10,12,15H2,1H3,(H,26,27,28). The zero-order chi connectivity index (χ0) is 21.8. The summed E-state index contributed by atoms with van der Waals surface area (Å²) in [7, 11) is -4.40. The highest BCUT2D eigenvalue weighted by molar-refractivity contribution is 7.85. The molecule has 0 unspecified atom stereocenters. The molecule has 0 bridgehead atoms. The van der Waals surface area contributed by atoms with E-state index in [0.29, 0.717) is 17.7 Å². The smallest absolute Gasteiger partial charge is 0.294 e. The van der Waals surface area contributed by atoms with Crippen LogP contribution < -0.4 is 4.74 Å². The fourth-order valence-electron chi connectivity index (χ4n) is 3.47. The number of benzene rings is 2. The number of aryl methyl sites for hydroxylation is 1. The monoisotopic (exact) mass is 434 g/mol. The Morgan fingerprint density at radius 1 is 0.833 bits per heavy atom. The summed E-state index contributed by atoms with van der Waals surface area (Å²) in [6, 6.07) is 11.3. The van der Waals surface area contributed by atoms with E-state index in [9.17, 15) is 18.1 Å². The van der Waals surface area contributed by atoms with Gasteiger partial charge in [-0.3, -0.25) is 4.55 Å². The van der Waals surface area contributed by atoms with Crippen LogP contribution in [0.4, 0.5) is 0 Å². The van der Waals surface area contributed by atoms with E-state index in [1.807, 2.05) is 6.07 Å². The quantitative estimate of drug-likeness (QED) is 0.250. The SMILES string of the molecule is CCCCCCCCCCCCc1cc(S(=O)(=O)O)cc(Oc2ccccc2)c1O. The van der Waals surface area contributed by atoms with Crippen molar-refractivity contribution in [2.24, 2.45) is 0 Å². The fraction of sp³-hybridized carbons (Fsp3) is 0.500. The average Bonchev–Trinajstić information content (AvgIpc) is 2.71. The molecule has 0 heterocycles. The van der Waals surface area contributed by atoms with Crippen LogP contribution in [0.5, 0.6) is 17.2 Å². The number of rotatable bonds is 14. The molecule has 0 aliphatic rings. The van der Waals surface area contributed by atoms with E-state index in [2.05, 4.69) is 6.92 Å². The molecular weight excluding hydrogens is 400 g/mol.